The fraction of sp³-hybridized carbons (Fsp3) is 0.941. The number of hydrogen-bond acceptors (Lipinski definition) is 11. The Hall–Kier alpha value is -1.16. The van der Waals surface area contributed by atoms with Crippen molar-refractivity contribution in [2.24, 2.45) is 0 Å². The molecule has 0 radical (unpaired) electrons. The molecule has 64 heavy (non-hydrogen) atoms. The highest BCUT2D eigenvalue weighted by atomic mass is 32.3. The van der Waals surface area contributed by atoms with Gasteiger partial charge in [0, 0.05) is 13.0 Å². The zero-order valence-corrected chi connectivity index (χ0v) is 41.7. The van der Waals surface area contributed by atoms with E-state index in [9.17, 15) is 33.1 Å². The van der Waals surface area contributed by atoms with Gasteiger partial charge in [0.05, 0.1) is 19.8 Å². The Labute approximate surface area is 391 Å². The van der Waals surface area contributed by atoms with Crippen molar-refractivity contribution in [1.82, 2.24) is 0 Å². The van der Waals surface area contributed by atoms with Gasteiger partial charge in [-0.1, -0.05) is 212 Å². The van der Waals surface area contributed by atoms with Gasteiger partial charge >= 0.3 is 16.4 Å². The summed E-state index contributed by atoms with van der Waals surface area (Å²) in [6.07, 6.45) is 39.6. The van der Waals surface area contributed by atoms with Gasteiger partial charge in [0.2, 0.25) is 0 Å². The molecule has 380 valence electrons. The Morgan fingerprint density at radius 1 is 0.578 bits per heavy atom. The average Bonchev–Trinajstić information content (AvgIpc) is 3.27. The summed E-state index contributed by atoms with van der Waals surface area (Å²) in [4.78, 5) is 12.9. The lowest BCUT2D eigenvalue weighted by atomic mass is 9.99. The number of carbonyl (C=O) groups excluding carboxylic acids is 1. The van der Waals surface area contributed by atoms with E-state index in [2.05, 4.69) is 30.2 Å². The molecular weight excluding hydrogens is 837 g/mol. The number of ether oxygens (including phenoxy) is 4. The summed E-state index contributed by atoms with van der Waals surface area (Å²) in [5, 5.41) is 30.8. The molecule has 6 atom stereocenters. The van der Waals surface area contributed by atoms with E-state index in [4.69, 9.17) is 18.9 Å². The molecule has 13 heteroatoms. The van der Waals surface area contributed by atoms with Gasteiger partial charge in [0.15, 0.2) is 6.29 Å². The third-order valence-corrected chi connectivity index (χ3v) is 12.9. The van der Waals surface area contributed by atoms with Crippen molar-refractivity contribution >= 4 is 16.4 Å². The first-order valence-corrected chi connectivity index (χ1v) is 27.8. The smallest absolute Gasteiger partial charge is 0.397 e. The van der Waals surface area contributed by atoms with Crippen molar-refractivity contribution < 1.29 is 56.2 Å². The number of hydrogen-bond donors (Lipinski definition) is 4. The van der Waals surface area contributed by atoms with Crippen molar-refractivity contribution in [3.63, 3.8) is 0 Å². The fourth-order valence-corrected chi connectivity index (χ4v) is 8.88. The van der Waals surface area contributed by atoms with E-state index in [0.717, 1.165) is 57.8 Å². The van der Waals surface area contributed by atoms with E-state index in [0.29, 0.717) is 13.0 Å². The van der Waals surface area contributed by atoms with E-state index in [1.165, 1.54) is 161 Å². The van der Waals surface area contributed by atoms with E-state index in [1.807, 2.05) is 0 Å². The normalized spacial score (nSPS) is 19.8. The molecular formula is C51H98O12S. The molecule has 12 nitrogen and oxygen atoms in total. The molecule has 1 aliphatic heterocycles. The summed E-state index contributed by atoms with van der Waals surface area (Å²) in [5.74, 6) is -0.402. The summed E-state index contributed by atoms with van der Waals surface area (Å²) >= 11 is 0. The maximum Gasteiger partial charge on any atom is 0.397 e. The lowest BCUT2D eigenvalue weighted by Gasteiger charge is -2.41. The molecule has 0 aromatic heterocycles. The van der Waals surface area contributed by atoms with Gasteiger partial charge in [0.1, 0.15) is 30.5 Å². The summed E-state index contributed by atoms with van der Waals surface area (Å²) < 4.78 is 59.3. The number of rotatable bonds is 47. The predicted octanol–water partition coefficient (Wildman–Crippen LogP) is 12.2. The summed E-state index contributed by atoms with van der Waals surface area (Å²) in [6, 6.07) is 0. The van der Waals surface area contributed by atoms with Crippen LogP contribution in [0.3, 0.4) is 0 Å². The van der Waals surface area contributed by atoms with Crippen LogP contribution in [0.25, 0.3) is 0 Å². The zero-order chi connectivity index (χ0) is 46.8. The Morgan fingerprint density at radius 2 is 0.984 bits per heavy atom. The molecule has 0 bridgehead atoms. The maximum absolute atomic E-state index is 12.9. The Balaban J connectivity index is 2.33. The highest BCUT2D eigenvalue weighted by molar-refractivity contribution is 7.80. The second-order valence-electron chi connectivity index (χ2n) is 18.5. The van der Waals surface area contributed by atoms with E-state index < -0.39 is 59.8 Å². The predicted molar refractivity (Wildman–Crippen MR) is 258 cm³/mol. The number of esters is 1. The van der Waals surface area contributed by atoms with Crippen LogP contribution in [0.15, 0.2) is 12.2 Å². The Kier molecular flexibility index (Phi) is 41.0. The first kappa shape index (κ1) is 60.9. The molecule has 4 N–H and O–H groups in total. The van der Waals surface area contributed by atoms with Gasteiger partial charge in [-0.25, -0.2) is 4.18 Å². The molecule has 1 heterocycles. The van der Waals surface area contributed by atoms with Crippen LogP contribution >= 0.6 is 0 Å². The molecule has 0 amide bonds. The summed E-state index contributed by atoms with van der Waals surface area (Å²) in [5.41, 5.74) is 0. The lowest BCUT2D eigenvalue weighted by molar-refractivity contribution is -0.301. The zero-order valence-electron chi connectivity index (χ0n) is 40.9. The average molecular weight is 935 g/mol. The van der Waals surface area contributed by atoms with E-state index in [-0.39, 0.29) is 19.6 Å². The fourth-order valence-electron chi connectivity index (χ4n) is 8.38. The highest BCUT2D eigenvalue weighted by Gasteiger charge is 2.48. The van der Waals surface area contributed by atoms with Crippen LogP contribution in [0.4, 0.5) is 0 Å². The van der Waals surface area contributed by atoms with Gasteiger partial charge in [-0.05, 0) is 38.5 Å². The maximum atomic E-state index is 12.9. The summed E-state index contributed by atoms with van der Waals surface area (Å²) in [6.45, 7) is 4.03. The number of aliphatic hydroxyl groups excluding tert-OH is 3. The van der Waals surface area contributed by atoms with E-state index in [1.54, 1.807) is 0 Å². The van der Waals surface area contributed by atoms with Crippen LogP contribution < -0.4 is 0 Å². The van der Waals surface area contributed by atoms with Crippen LogP contribution in [-0.4, -0.2) is 97.5 Å². The van der Waals surface area contributed by atoms with Crippen LogP contribution in [0, 0.1) is 0 Å². The van der Waals surface area contributed by atoms with Gasteiger partial charge < -0.3 is 34.3 Å². The quantitative estimate of drug-likeness (QED) is 0.0197. The third kappa shape index (κ3) is 36.0. The third-order valence-electron chi connectivity index (χ3n) is 12.4. The molecule has 6 unspecified atom stereocenters. The van der Waals surface area contributed by atoms with Crippen molar-refractivity contribution in [2.45, 2.75) is 282 Å². The minimum absolute atomic E-state index is 0.0389. The topological polar surface area (TPSA) is 178 Å². The number of allylic oxidation sites excluding steroid dienone is 2. The second-order valence-corrected chi connectivity index (χ2v) is 19.5. The van der Waals surface area contributed by atoms with Crippen LogP contribution in [0.2, 0.25) is 0 Å². The molecule has 0 aliphatic carbocycles. The SMILES string of the molecule is CCCCCCCCC/C=C\CCCCCCCC(=O)OC(COCCCCCCCCCCCCCCCCCCCCCCC)COC1OC(CO)C(O)C(OS(=O)(=O)O)C1O. The lowest BCUT2D eigenvalue weighted by Crippen LogP contribution is -2.60. The molecule has 1 fully saturated rings. The minimum atomic E-state index is -5.06. The van der Waals surface area contributed by atoms with Gasteiger partial charge in [-0.3, -0.25) is 9.35 Å². The van der Waals surface area contributed by atoms with Gasteiger partial charge in [0.25, 0.3) is 0 Å². The molecule has 1 saturated heterocycles. The van der Waals surface area contributed by atoms with Gasteiger partial charge in [-0.2, -0.15) is 8.42 Å². The number of carbonyl (C=O) groups is 1. The molecule has 1 aliphatic rings. The van der Waals surface area contributed by atoms with Crippen LogP contribution in [0.1, 0.15) is 245 Å². The molecule has 0 spiro atoms. The van der Waals surface area contributed by atoms with Crippen LogP contribution in [-0.2, 0) is 38.3 Å². The Bertz CT molecular complexity index is 1170. The number of unbranched alkanes of at least 4 members (excludes halogenated alkanes) is 32. The largest absolute Gasteiger partial charge is 0.457 e. The highest BCUT2D eigenvalue weighted by Crippen LogP contribution is 2.26. The summed E-state index contributed by atoms with van der Waals surface area (Å²) in [7, 11) is -5.06. The molecule has 0 saturated carbocycles. The molecule has 0 aromatic rings. The standard InChI is InChI=1S/C51H98O12S/c1-3-5-7-9-11-13-15-17-19-21-22-23-24-25-27-29-31-33-35-37-39-41-59-43-45(44-60-51-49(55)50(63-64(56,57)58)48(54)46(42-52)62-51)61-47(53)40-38-36-34-32-30-28-26-20-18-16-14-12-10-8-6-4-2/h20,26,45-46,48-52,54-55H,3-19,21-25,27-44H2,1-2H3,(H,56,57,58)/b26-20-. The van der Waals surface area contributed by atoms with E-state index >= 15 is 0 Å². The first-order valence-electron chi connectivity index (χ1n) is 26.4. The van der Waals surface area contributed by atoms with Crippen LogP contribution in [0.5, 0.6) is 0 Å². The van der Waals surface area contributed by atoms with Crippen molar-refractivity contribution in [3.8, 4) is 0 Å². The molecule has 0 aromatic carbocycles. The number of aliphatic hydroxyl groups is 3. The second kappa shape index (κ2) is 43.1. The minimum Gasteiger partial charge on any atom is -0.457 e. The van der Waals surface area contributed by atoms with Crippen molar-refractivity contribution in [1.29, 1.82) is 0 Å². The Morgan fingerprint density at radius 3 is 1.41 bits per heavy atom. The van der Waals surface area contributed by atoms with Crippen molar-refractivity contribution in [2.75, 3.05) is 26.4 Å². The van der Waals surface area contributed by atoms with Crippen molar-refractivity contribution in [3.05, 3.63) is 12.2 Å². The molecule has 1 rings (SSSR count). The monoisotopic (exact) mass is 935 g/mol. The first-order chi connectivity index (χ1) is 31.1. The van der Waals surface area contributed by atoms with Gasteiger partial charge in [-0.15, -0.1) is 0 Å².